The molecule has 0 spiro atoms. The molecule has 3 heterocycles. The van der Waals surface area contributed by atoms with Gasteiger partial charge in [-0.25, -0.2) is 4.98 Å². The Kier molecular flexibility index (Phi) is 3.72. The summed E-state index contributed by atoms with van der Waals surface area (Å²) in [6.07, 6.45) is 0. The van der Waals surface area contributed by atoms with E-state index >= 15 is 0 Å². The van der Waals surface area contributed by atoms with Crippen molar-refractivity contribution in [3.05, 3.63) is 34.2 Å². The normalized spacial score (nSPS) is 17.9. The molecule has 0 saturated carbocycles. The molecule has 0 amide bonds. The highest BCUT2D eigenvalue weighted by Gasteiger charge is 2.26. The monoisotopic (exact) mass is 313 g/mol. The summed E-state index contributed by atoms with van der Waals surface area (Å²) in [5.74, 6) is -0.937. The molecule has 1 atom stereocenters. The predicted molar refractivity (Wildman–Crippen MR) is 83.3 cm³/mol. The van der Waals surface area contributed by atoms with Gasteiger partial charge < -0.3 is 19.9 Å². The first kappa shape index (κ1) is 15.0. The first-order valence-corrected chi connectivity index (χ1v) is 7.13. The third-order valence-corrected chi connectivity index (χ3v) is 4.00. The number of aromatic nitrogens is 2. The minimum absolute atomic E-state index is 0.204. The molecule has 1 aliphatic rings. The van der Waals surface area contributed by atoms with Crippen LogP contribution in [0.1, 0.15) is 5.69 Å². The average molecular weight is 313 g/mol. The number of piperazine rings is 1. The maximum Gasteiger partial charge on any atom is 0.322 e. The molecule has 1 aliphatic heterocycles. The summed E-state index contributed by atoms with van der Waals surface area (Å²) >= 11 is 0. The number of aliphatic carboxylic acids is 1. The first-order valence-electron chi connectivity index (χ1n) is 7.13. The second-order valence-electron chi connectivity index (χ2n) is 5.39. The molecule has 3 rings (SSSR count). The lowest BCUT2D eigenvalue weighted by Crippen LogP contribution is -2.54. The SMILES string of the molecule is Cn1c(=O)cc(N2CCNC(C(=O)O)C2)c2nc(C#N)ccc21. The Bertz CT molecular complexity index is 883. The van der Waals surface area contributed by atoms with Crippen LogP contribution in [0.5, 0.6) is 0 Å². The summed E-state index contributed by atoms with van der Waals surface area (Å²) in [7, 11) is 1.64. The van der Waals surface area contributed by atoms with Gasteiger partial charge in [-0.05, 0) is 12.1 Å². The largest absolute Gasteiger partial charge is 0.480 e. The Morgan fingerprint density at radius 1 is 1.52 bits per heavy atom. The summed E-state index contributed by atoms with van der Waals surface area (Å²) in [5, 5.41) is 21.2. The second-order valence-corrected chi connectivity index (χ2v) is 5.39. The number of aryl methyl sites for hydroxylation is 1. The molecule has 23 heavy (non-hydrogen) atoms. The van der Waals surface area contributed by atoms with Crippen LogP contribution in [0.4, 0.5) is 5.69 Å². The van der Waals surface area contributed by atoms with Crippen molar-refractivity contribution in [3.63, 3.8) is 0 Å². The predicted octanol–water partition coefficient (Wildman–Crippen LogP) is -0.332. The zero-order valence-corrected chi connectivity index (χ0v) is 12.5. The van der Waals surface area contributed by atoms with Gasteiger partial charge in [-0.3, -0.25) is 9.59 Å². The Balaban J connectivity index is 2.16. The van der Waals surface area contributed by atoms with E-state index in [9.17, 15) is 14.7 Å². The van der Waals surface area contributed by atoms with Gasteiger partial charge in [0, 0.05) is 32.7 Å². The highest BCUT2D eigenvalue weighted by Crippen LogP contribution is 2.24. The number of anilines is 1. The number of fused-ring (bicyclic) bond motifs is 1. The Labute approximate surface area is 131 Å². The summed E-state index contributed by atoms with van der Waals surface area (Å²) in [6.45, 7) is 1.28. The highest BCUT2D eigenvalue weighted by atomic mass is 16.4. The second kappa shape index (κ2) is 5.70. The van der Waals surface area contributed by atoms with Crippen molar-refractivity contribution in [2.24, 2.45) is 7.05 Å². The molecule has 8 heteroatoms. The Morgan fingerprint density at radius 3 is 3.00 bits per heavy atom. The molecule has 118 valence electrons. The van der Waals surface area contributed by atoms with E-state index in [1.54, 1.807) is 19.2 Å². The standard InChI is InChI=1S/C15H15N5O3/c1-19-11-3-2-9(7-16)18-14(11)12(6-13(19)21)20-5-4-17-10(8-20)15(22)23/h2-3,6,10,17H,4-5,8H2,1H3,(H,22,23). The van der Waals surface area contributed by atoms with Gasteiger partial charge in [-0.1, -0.05) is 0 Å². The maximum atomic E-state index is 12.2. The van der Waals surface area contributed by atoms with Crippen molar-refractivity contribution >= 4 is 22.7 Å². The van der Waals surface area contributed by atoms with Crippen LogP contribution in [0, 0.1) is 11.3 Å². The number of rotatable bonds is 2. The molecule has 1 unspecified atom stereocenters. The van der Waals surface area contributed by atoms with E-state index < -0.39 is 12.0 Å². The topological polar surface area (TPSA) is 111 Å². The van der Waals surface area contributed by atoms with E-state index in [0.29, 0.717) is 29.8 Å². The molecule has 8 nitrogen and oxygen atoms in total. The van der Waals surface area contributed by atoms with E-state index in [2.05, 4.69) is 10.3 Å². The molecule has 1 saturated heterocycles. The summed E-state index contributed by atoms with van der Waals surface area (Å²) in [6, 6.07) is 5.97. The number of pyridine rings is 2. The molecule has 0 bridgehead atoms. The smallest absolute Gasteiger partial charge is 0.322 e. The molecule has 0 aromatic carbocycles. The first-order chi connectivity index (χ1) is 11.0. The van der Waals surface area contributed by atoms with Gasteiger partial charge in [-0.15, -0.1) is 0 Å². The van der Waals surface area contributed by atoms with E-state index in [0.717, 1.165) is 0 Å². The number of nitriles is 1. The number of nitrogens with one attached hydrogen (secondary N) is 1. The molecule has 2 aromatic rings. The van der Waals surface area contributed by atoms with Crippen LogP contribution in [-0.2, 0) is 11.8 Å². The molecule has 0 radical (unpaired) electrons. The molecular weight excluding hydrogens is 298 g/mol. The minimum Gasteiger partial charge on any atom is -0.480 e. The molecule has 1 fully saturated rings. The third kappa shape index (κ3) is 2.62. The van der Waals surface area contributed by atoms with Gasteiger partial charge in [0.05, 0.1) is 11.2 Å². The van der Waals surface area contributed by atoms with E-state index in [4.69, 9.17) is 5.26 Å². The quantitative estimate of drug-likeness (QED) is 0.780. The maximum absolute atomic E-state index is 12.2. The van der Waals surface area contributed by atoms with E-state index in [1.165, 1.54) is 10.6 Å². The van der Waals surface area contributed by atoms with Gasteiger partial charge in [0.15, 0.2) is 0 Å². The van der Waals surface area contributed by atoms with Crippen LogP contribution in [0.3, 0.4) is 0 Å². The van der Waals surface area contributed by atoms with Gasteiger partial charge in [0.25, 0.3) is 5.56 Å². The number of carboxylic acids is 1. The highest BCUT2D eigenvalue weighted by molar-refractivity contribution is 5.89. The van der Waals surface area contributed by atoms with Crippen LogP contribution < -0.4 is 15.8 Å². The summed E-state index contributed by atoms with van der Waals surface area (Å²) < 4.78 is 1.46. The average Bonchev–Trinajstić information content (AvgIpc) is 2.57. The number of carboxylic acid groups (broad SMARTS) is 1. The number of hydrogen-bond donors (Lipinski definition) is 2. The lowest BCUT2D eigenvalue weighted by Gasteiger charge is -2.33. The Morgan fingerprint density at radius 2 is 2.30 bits per heavy atom. The van der Waals surface area contributed by atoms with Crippen LogP contribution in [0.15, 0.2) is 23.0 Å². The number of carbonyl (C=O) groups is 1. The molecule has 0 aliphatic carbocycles. The van der Waals surface area contributed by atoms with E-state index in [1.807, 2.05) is 11.0 Å². The fourth-order valence-corrected chi connectivity index (χ4v) is 2.75. The van der Waals surface area contributed by atoms with E-state index in [-0.39, 0.29) is 17.8 Å². The van der Waals surface area contributed by atoms with Crippen molar-refractivity contribution in [1.29, 1.82) is 5.26 Å². The van der Waals surface area contributed by atoms with Crippen LogP contribution in [0.25, 0.3) is 11.0 Å². The van der Waals surface area contributed by atoms with Gasteiger partial charge in [0.1, 0.15) is 23.3 Å². The molecule has 2 aromatic heterocycles. The summed E-state index contributed by atoms with van der Waals surface area (Å²) in [4.78, 5) is 29.5. The van der Waals surface area contributed by atoms with Crippen LogP contribution >= 0.6 is 0 Å². The van der Waals surface area contributed by atoms with Gasteiger partial charge in [0.2, 0.25) is 0 Å². The number of hydrogen-bond acceptors (Lipinski definition) is 6. The Hall–Kier alpha value is -2.92. The fourth-order valence-electron chi connectivity index (χ4n) is 2.75. The minimum atomic E-state index is -0.937. The molecule has 2 N–H and O–H groups in total. The van der Waals surface area contributed by atoms with Gasteiger partial charge in [-0.2, -0.15) is 5.26 Å². The van der Waals surface area contributed by atoms with Gasteiger partial charge >= 0.3 is 5.97 Å². The van der Waals surface area contributed by atoms with Crippen molar-refractivity contribution in [3.8, 4) is 6.07 Å². The number of nitrogens with zero attached hydrogens (tertiary/aromatic N) is 4. The lowest BCUT2D eigenvalue weighted by molar-refractivity contribution is -0.139. The van der Waals surface area contributed by atoms with Crippen LogP contribution in [0.2, 0.25) is 0 Å². The lowest BCUT2D eigenvalue weighted by atomic mass is 10.1. The van der Waals surface area contributed by atoms with Crippen molar-refractivity contribution in [2.45, 2.75) is 6.04 Å². The van der Waals surface area contributed by atoms with Crippen molar-refractivity contribution in [2.75, 3.05) is 24.5 Å². The molecular formula is C15H15N5O3. The zero-order chi connectivity index (χ0) is 16.6. The zero-order valence-electron chi connectivity index (χ0n) is 12.5. The summed E-state index contributed by atoms with van der Waals surface area (Å²) in [5.41, 5.74) is 1.74. The van der Waals surface area contributed by atoms with Crippen LogP contribution in [-0.4, -0.2) is 46.3 Å². The van der Waals surface area contributed by atoms with Crippen molar-refractivity contribution in [1.82, 2.24) is 14.9 Å². The van der Waals surface area contributed by atoms with Crippen molar-refractivity contribution < 1.29 is 9.90 Å². The fraction of sp³-hybridized carbons (Fsp3) is 0.333. The third-order valence-electron chi connectivity index (χ3n) is 4.00.